The average Bonchev–Trinajstić information content (AvgIpc) is 2.31. The zero-order valence-corrected chi connectivity index (χ0v) is 20.6. The van der Waals surface area contributed by atoms with E-state index in [1.165, 1.54) is 19.3 Å². The number of carboxylic acid groups (broad SMARTS) is 2. The third kappa shape index (κ3) is 9.94. The normalized spacial score (nSPS) is 10.7. The van der Waals surface area contributed by atoms with Gasteiger partial charge < -0.3 is 19.8 Å². The third-order valence-electron chi connectivity index (χ3n) is 3.89. The minimum Gasteiger partial charge on any atom is -0.549 e. The van der Waals surface area contributed by atoms with Crippen molar-refractivity contribution in [2.24, 2.45) is 11.3 Å². The SMILES string of the molecule is CCCCCCCCCC(C(=O)[O-])(C(=O)[O-])C(C)C.[K+].[K+]. The van der Waals surface area contributed by atoms with Crippen LogP contribution in [0.1, 0.15) is 72.1 Å². The monoisotopic (exact) mass is 348 g/mol. The van der Waals surface area contributed by atoms with Gasteiger partial charge in [0.25, 0.3) is 0 Å². The average molecular weight is 349 g/mol. The van der Waals surface area contributed by atoms with Crippen molar-refractivity contribution in [1.29, 1.82) is 0 Å². The van der Waals surface area contributed by atoms with E-state index in [9.17, 15) is 19.8 Å². The van der Waals surface area contributed by atoms with Crippen LogP contribution in [0.5, 0.6) is 0 Å². The van der Waals surface area contributed by atoms with Crippen molar-refractivity contribution in [1.82, 2.24) is 0 Å². The number of rotatable bonds is 11. The van der Waals surface area contributed by atoms with Gasteiger partial charge in [-0.3, -0.25) is 0 Å². The molecule has 0 N–H and O–H groups in total. The van der Waals surface area contributed by atoms with Crippen LogP contribution in [0.25, 0.3) is 0 Å². The Kier molecular flexibility index (Phi) is 21.0. The first-order chi connectivity index (χ1) is 8.89. The van der Waals surface area contributed by atoms with Gasteiger partial charge in [-0.2, -0.15) is 0 Å². The summed E-state index contributed by atoms with van der Waals surface area (Å²) in [5.74, 6) is -3.57. The Morgan fingerprint density at radius 3 is 1.57 bits per heavy atom. The second-order valence-corrected chi connectivity index (χ2v) is 5.57. The summed E-state index contributed by atoms with van der Waals surface area (Å²) in [5, 5.41) is 22.4. The summed E-state index contributed by atoms with van der Waals surface area (Å²) in [5.41, 5.74) is -1.84. The van der Waals surface area contributed by atoms with Gasteiger partial charge in [0.05, 0.1) is 17.4 Å². The zero-order valence-electron chi connectivity index (χ0n) is 14.4. The van der Waals surface area contributed by atoms with E-state index in [1.54, 1.807) is 13.8 Å². The summed E-state index contributed by atoms with van der Waals surface area (Å²) < 4.78 is 0. The molecule has 0 aromatic heterocycles. The molecule has 0 aromatic carbocycles. The second-order valence-electron chi connectivity index (χ2n) is 5.57. The molecule has 0 aliphatic carbocycles. The molecule has 0 rings (SSSR count). The van der Waals surface area contributed by atoms with Crippen molar-refractivity contribution in [2.75, 3.05) is 0 Å². The van der Waals surface area contributed by atoms with Crippen molar-refractivity contribution in [3.63, 3.8) is 0 Å². The number of carbonyl (C=O) groups is 2. The molecule has 0 atom stereocenters. The topological polar surface area (TPSA) is 80.3 Å². The summed E-state index contributed by atoms with van der Waals surface area (Å²) in [6.45, 7) is 5.33. The van der Waals surface area contributed by atoms with Gasteiger partial charge >= 0.3 is 103 Å². The van der Waals surface area contributed by atoms with Gasteiger partial charge in [0.2, 0.25) is 0 Å². The summed E-state index contributed by atoms with van der Waals surface area (Å²) in [4.78, 5) is 22.4. The van der Waals surface area contributed by atoms with Crippen molar-refractivity contribution in [2.45, 2.75) is 72.1 Å². The molecule has 0 saturated heterocycles. The number of unbranched alkanes of at least 4 members (excludes halogenated alkanes) is 6. The molecule has 0 spiro atoms. The van der Waals surface area contributed by atoms with Crippen LogP contribution in [0.4, 0.5) is 0 Å². The Bertz CT molecular complexity index is 279. The van der Waals surface area contributed by atoms with Gasteiger partial charge in [0.1, 0.15) is 0 Å². The molecule has 112 valence electrons. The van der Waals surface area contributed by atoms with Crippen molar-refractivity contribution >= 4 is 11.9 Å². The van der Waals surface area contributed by atoms with Crippen LogP contribution in [0.3, 0.4) is 0 Å². The summed E-state index contributed by atoms with van der Waals surface area (Å²) in [6.07, 6.45) is 7.29. The van der Waals surface area contributed by atoms with Gasteiger partial charge in [0.15, 0.2) is 0 Å². The predicted molar refractivity (Wildman–Crippen MR) is 69.9 cm³/mol. The van der Waals surface area contributed by atoms with Gasteiger partial charge in [-0.25, -0.2) is 0 Å². The fraction of sp³-hybridized carbons (Fsp3) is 0.867. The number of hydrogen-bond donors (Lipinski definition) is 0. The van der Waals surface area contributed by atoms with E-state index >= 15 is 0 Å². The summed E-state index contributed by atoms with van der Waals surface area (Å²) in [7, 11) is 0. The molecular formula is C15H26K2O4. The fourth-order valence-electron chi connectivity index (χ4n) is 2.41. The van der Waals surface area contributed by atoms with Crippen LogP contribution in [0.2, 0.25) is 0 Å². The third-order valence-corrected chi connectivity index (χ3v) is 3.89. The molecule has 21 heavy (non-hydrogen) atoms. The van der Waals surface area contributed by atoms with E-state index in [1.807, 2.05) is 0 Å². The molecule has 0 fully saturated rings. The van der Waals surface area contributed by atoms with E-state index in [4.69, 9.17) is 0 Å². The Morgan fingerprint density at radius 1 is 0.857 bits per heavy atom. The van der Waals surface area contributed by atoms with Crippen LogP contribution >= 0.6 is 0 Å². The standard InChI is InChI=1S/C15H28O4.2K/c1-4-5-6-7-8-9-10-11-15(12(2)3,13(16)17)14(18)19;;/h12H,4-11H2,1-3H3,(H,16,17)(H,18,19);;/q;2*+1/p-2. The van der Waals surface area contributed by atoms with E-state index in [-0.39, 0.29) is 109 Å². The number of carbonyl (C=O) groups excluding carboxylic acids is 2. The van der Waals surface area contributed by atoms with Crippen LogP contribution < -0.4 is 113 Å². The Labute approximate surface area is 214 Å². The van der Waals surface area contributed by atoms with Crippen LogP contribution in [0, 0.1) is 11.3 Å². The first-order valence-corrected chi connectivity index (χ1v) is 7.32. The molecule has 6 heteroatoms. The maximum atomic E-state index is 11.2. The smallest absolute Gasteiger partial charge is 0.549 e. The first kappa shape index (κ1) is 28.0. The van der Waals surface area contributed by atoms with E-state index in [0.717, 1.165) is 19.3 Å². The van der Waals surface area contributed by atoms with E-state index in [0.29, 0.717) is 6.42 Å². The molecule has 0 amide bonds. The van der Waals surface area contributed by atoms with Crippen molar-refractivity contribution in [3.8, 4) is 0 Å². The Morgan fingerprint density at radius 2 is 1.24 bits per heavy atom. The number of carboxylic acids is 2. The van der Waals surface area contributed by atoms with Gasteiger partial charge in [0, 0.05) is 0 Å². The van der Waals surface area contributed by atoms with E-state index < -0.39 is 23.3 Å². The van der Waals surface area contributed by atoms with Crippen molar-refractivity contribution in [3.05, 3.63) is 0 Å². The molecule has 0 saturated carbocycles. The predicted octanol–water partition coefficient (Wildman–Crippen LogP) is -4.72. The molecule has 4 nitrogen and oxygen atoms in total. The molecule has 0 radical (unpaired) electrons. The Balaban J connectivity index is -0.00000162. The van der Waals surface area contributed by atoms with Gasteiger partial charge in [-0.1, -0.05) is 65.7 Å². The molecule has 0 unspecified atom stereocenters. The summed E-state index contributed by atoms with van der Waals surface area (Å²) >= 11 is 0. The molecule has 0 bridgehead atoms. The maximum absolute atomic E-state index is 11.2. The fourth-order valence-corrected chi connectivity index (χ4v) is 2.41. The second kappa shape index (κ2) is 15.7. The van der Waals surface area contributed by atoms with Gasteiger partial charge in [-0.15, -0.1) is 0 Å². The zero-order chi connectivity index (χ0) is 14.9. The minimum atomic E-state index is -1.84. The van der Waals surface area contributed by atoms with Crippen LogP contribution in [0.15, 0.2) is 0 Å². The maximum Gasteiger partial charge on any atom is 1.00 e. The molecule has 0 aromatic rings. The van der Waals surface area contributed by atoms with Crippen LogP contribution in [-0.2, 0) is 9.59 Å². The van der Waals surface area contributed by atoms with Crippen LogP contribution in [-0.4, -0.2) is 11.9 Å². The number of hydrogen-bond acceptors (Lipinski definition) is 4. The first-order valence-electron chi connectivity index (χ1n) is 7.32. The number of aliphatic carboxylic acids is 2. The Hall–Kier alpha value is 2.21. The quantitative estimate of drug-likeness (QED) is 0.213. The summed E-state index contributed by atoms with van der Waals surface area (Å²) in [6, 6.07) is 0. The largest absolute Gasteiger partial charge is 1.00 e. The molecule has 0 aliphatic rings. The minimum absolute atomic E-state index is 0. The molecule has 0 heterocycles. The molecule has 0 aliphatic heterocycles. The van der Waals surface area contributed by atoms with Crippen molar-refractivity contribution < 1.29 is 123 Å². The molecular weight excluding hydrogens is 322 g/mol. The van der Waals surface area contributed by atoms with Gasteiger partial charge in [-0.05, 0) is 12.3 Å². The van der Waals surface area contributed by atoms with E-state index in [2.05, 4.69) is 6.92 Å².